The Kier molecular flexibility index (Phi) is 6.47. The topological polar surface area (TPSA) is 3.24 Å². The molecule has 0 N–H and O–H groups in total. The van der Waals surface area contributed by atoms with Gasteiger partial charge in [-0.3, -0.25) is 0 Å². The van der Waals surface area contributed by atoms with E-state index in [1.165, 1.54) is 72.4 Å². The zero-order valence-corrected chi connectivity index (χ0v) is 27.5. The molecule has 0 aromatic heterocycles. The molecule has 0 bridgehead atoms. The molecule has 8 aromatic rings. The summed E-state index contributed by atoms with van der Waals surface area (Å²) in [6.45, 7) is 0. The predicted octanol–water partition coefficient (Wildman–Crippen LogP) is 12.8. The lowest BCUT2D eigenvalue weighted by molar-refractivity contribution is 0.793. The minimum absolute atomic E-state index is 0.489. The zero-order valence-electron chi connectivity index (χ0n) is 27.5. The number of hydrogen-bond donors (Lipinski definition) is 0. The van der Waals surface area contributed by atoms with Crippen LogP contribution in [0.5, 0.6) is 0 Å². The van der Waals surface area contributed by atoms with E-state index >= 15 is 0 Å². The van der Waals surface area contributed by atoms with Crippen molar-refractivity contribution < 1.29 is 0 Å². The van der Waals surface area contributed by atoms with E-state index in [0.29, 0.717) is 0 Å². The van der Waals surface area contributed by atoms with Crippen LogP contribution < -0.4 is 4.90 Å². The standard InChI is InChI=1S/C49H33N/c1-3-18-34(19-4-1)36-22-10-15-31-45(36)50(46-32-16-11-23-37(46)35-20-5-2-6-21-35)47-33-17-27-41-40-26-9-14-30-44(40)49(48(41)47)42-28-12-7-24-38(42)39-25-8-13-29-43(39)49/h1-33H. The van der Waals surface area contributed by atoms with Gasteiger partial charge in [0.05, 0.1) is 22.5 Å². The molecule has 0 saturated heterocycles. The van der Waals surface area contributed by atoms with Crippen molar-refractivity contribution in [2.75, 3.05) is 4.90 Å². The average Bonchev–Trinajstić information content (AvgIpc) is 3.67. The van der Waals surface area contributed by atoms with E-state index in [2.05, 4.69) is 205 Å². The van der Waals surface area contributed by atoms with Gasteiger partial charge in [0.15, 0.2) is 0 Å². The van der Waals surface area contributed by atoms with Crippen molar-refractivity contribution in [2.45, 2.75) is 5.41 Å². The summed E-state index contributed by atoms with van der Waals surface area (Å²) in [5.41, 5.74) is 18.2. The number of nitrogens with zero attached hydrogens (tertiary/aromatic N) is 1. The van der Waals surface area contributed by atoms with Crippen molar-refractivity contribution in [1.82, 2.24) is 0 Å². The van der Waals surface area contributed by atoms with E-state index in [1.54, 1.807) is 0 Å². The Morgan fingerprint density at radius 3 is 1.08 bits per heavy atom. The van der Waals surface area contributed by atoms with E-state index in [-0.39, 0.29) is 0 Å². The molecule has 0 fully saturated rings. The van der Waals surface area contributed by atoms with Gasteiger partial charge in [0, 0.05) is 16.7 Å². The second kappa shape index (κ2) is 11.3. The van der Waals surface area contributed by atoms with Crippen LogP contribution in [0, 0.1) is 0 Å². The first-order chi connectivity index (χ1) is 24.9. The van der Waals surface area contributed by atoms with Gasteiger partial charge in [-0.15, -0.1) is 0 Å². The third-order valence-corrected chi connectivity index (χ3v) is 10.7. The first-order valence-corrected chi connectivity index (χ1v) is 17.4. The van der Waals surface area contributed by atoms with Crippen molar-refractivity contribution in [3.8, 4) is 44.5 Å². The molecule has 0 saturated carbocycles. The van der Waals surface area contributed by atoms with Crippen LogP contribution in [0.1, 0.15) is 22.3 Å². The molecule has 0 heterocycles. The first kappa shape index (κ1) is 28.6. The molecule has 1 heteroatoms. The van der Waals surface area contributed by atoms with Gasteiger partial charge in [-0.25, -0.2) is 0 Å². The summed E-state index contributed by atoms with van der Waals surface area (Å²) in [5, 5.41) is 0. The molecule has 10 rings (SSSR count). The Balaban J connectivity index is 1.36. The van der Waals surface area contributed by atoms with E-state index < -0.39 is 5.41 Å². The van der Waals surface area contributed by atoms with Gasteiger partial charge in [0.2, 0.25) is 0 Å². The van der Waals surface area contributed by atoms with E-state index in [9.17, 15) is 0 Å². The highest BCUT2D eigenvalue weighted by atomic mass is 15.2. The maximum absolute atomic E-state index is 2.54. The number of benzene rings is 8. The van der Waals surface area contributed by atoms with Crippen LogP contribution in [0.15, 0.2) is 200 Å². The molecular weight excluding hydrogens is 603 g/mol. The molecule has 2 aliphatic rings. The van der Waals surface area contributed by atoms with Crippen molar-refractivity contribution in [2.24, 2.45) is 0 Å². The largest absolute Gasteiger partial charge is 0.309 e. The third kappa shape index (κ3) is 4.01. The molecule has 234 valence electrons. The molecule has 1 nitrogen and oxygen atoms in total. The van der Waals surface area contributed by atoms with Crippen molar-refractivity contribution >= 4 is 17.1 Å². The van der Waals surface area contributed by atoms with Gasteiger partial charge in [-0.2, -0.15) is 0 Å². The highest BCUT2D eigenvalue weighted by Crippen LogP contribution is 2.65. The van der Waals surface area contributed by atoms with Gasteiger partial charge in [0.1, 0.15) is 0 Å². The number of hydrogen-bond acceptors (Lipinski definition) is 1. The monoisotopic (exact) mass is 635 g/mol. The van der Waals surface area contributed by atoms with Crippen LogP contribution in [0.2, 0.25) is 0 Å². The maximum Gasteiger partial charge on any atom is 0.0746 e. The molecule has 0 radical (unpaired) electrons. The Hall–Kier alpha value is -6.44. The quantitative estimate of drug-likeness (QED) is 0.182. The minimum atomic E-state index is -0.489. The lowest BCUT2D eigenvalue weighted by Gasteiger charge is -2.37. The second-order valence-electron chi connectivity index (χ2n) is 13.2. The summed E-state index contributed by atoms with van der Waals surface area (Å²) in [6.07, 6.45) is 0. The number of para-hydroxylation sites is 2. The molecule has 0 unspecified atom stereocenters. The first-order valence-electron chi connectivity index (χ1n) is 17.4. The van der Waals surface area contributed by atoms with Crippen LogP contribution in [0.3, 0.4) is 0 Å². The molecule has 1 spiro atoms. The lowest BCUT2D eigenvalue weighted by Crippen LogP contribution is -2.28. The highest BCUT2D eigenvalue weighted by Gasteiger charge is 2.53. The number of fused-ring (bicyclic) bond motifs is 10. The van der Waals surface area contributed by atoms with Crippen LogP contribution >= 0.6 is 0 Å². The summed E-state index contributed by atoms with van der Waals surface area (Å²) in [4.78, 5) is 2.54. The van der Waals surface area contributed by atoms with Crippen LogP contribution in [0.4, 0.5) is 17.1 Å². The van der Waals surface area contributed by atoms with Gasteiger partial charge in [-0.05, 0) is 68.3 Å². The van der Waals surface area contributed by atoms with E-state index in [4.69, 9.17) is 0 Å². The van der Waals surface area contributed by atoms with Crippen molar-refractivity contribution in [1.29, 1.82) is 0 Å². The lowest BCUT2D eigenvalue weighted by atomic mass is 9.70. The van der Waals surface area contributed by atoms with E-state index in [0.717, 1.165) is 11.4 Å². The molecule has 0 aliphatic heterocycles. The zero-order chi connectivity index (χ0) is 33.1. The summed E-state index contributed by atoms with van der Waals surface area (Å²) in [5.74, 6) is 0. The number of anilines is 3. The average molecular weight is 636 g/mol. The van der Waals surface area contributed by atoms with Gasteiger partial charge in [-0.1, -0.05) is 182 Å². The predicted molar refractivity (Wildman–Crippen MR) is 208 cm³/mol. The molecule has 8 aromatic carbocycles. The smallest absolute Gasteiger partial charge is 0.0746 e. The summed E-state index contributed by atoms with van der Waals surface area (Å²) < 4.78 is 0. The number of rotatable bonds is 5. The molecular formula is C49H33N. The molecule has 0 atom stereocenters. The normalized spacial score (nSPS) is 13.0. The molecule has 50 heavy (non-hydrogen) atoms. The van der Waals surface area contributed by atoms with Crippen molar-refractivity contribution in [3.63, 3.8) is 0 Å². The maximum atomic E-state index is 2.54. The molecule has 2 aliphatic carbocycles. The fourth-order valence-electron chi connectivity index (χ4n) is 8.77. The van der Waals surface area contributed by atoms with Crippen molar-refractivity contribution in [3.05, 3.63) is 222 Å². The summed E-state index contributed by atoms with van der Waals surface area (Å²) in [6, 6.07) is 73.5. The summed E-state index contributed by atoms with van der Waals surface area (Å²) >= 11 is 0. The highest BCUT2D eigenvalue weighted by molar-refractivity contribution is 6.02. The summed E-state index contributed by atoms with van der Waals surface area (Å²) in [7, 11) is 0. The third-order valence-electron chi connectivity index (χ3n) is 10.7. The van der Waals surface area contributed by atoms with E-state index in [1.807, 2.05) is 0 Å². The fraction of sp³-hybridized carbons (Fsp3) is 0.0204. The van der Waals surface area contributed by atoms with Crippen LogP contribution in [-0.2, 0) is 5.41 Å². The molecule has 0 amide bonds. The fourth-order valence-corrected chi connectivity index (χ4v) is 8.77. The SMILES string of the molecule is c1ccc(-c2ccccc2N(c2ccccc2-c2ccccc2)c2cccc3c2C2(c4ccccc4-c4ccccc42)c2ccccc2-3)cc1. The Morgan fingerprint density at radius 2 is 0.600 bits per heavy atom. The van der Waals surface area contributed by atoms with Crippen LogP contribution in [-0.4, -0.2) is 0 Å². The Labute approximate surface area is 293 Å². The Bertz CT molecular complexity index is 2400. The van der Waals surface area contributed by atoms with Crippen LogP contribution in [0.25, 0.3) is 44.5 Å². The second-order valence-corrected chi connectivity index (χ2v) is 13.2. The van der Waals surface area contributed by atoms with Gasteiger partial charge < -0.3 is 4.90 Å². The minimum Gasteiger partial charge on any atom is -0.309 e. The van der Waals surface area contributed by atoms with Gasteiger partial charge in [0.25, 0.3) is 0 Å². The van der Waals surface area contributed by atoms with Gasteiger partial charge >= 0.3 is 0 Å². The Morgan fingerprint density at radius 1 is 0.260 bits per heavy atom.